The average molecular weight is 533 g/mol. The lowest BCUT2D eigenvalue weighted by Crippen LogP contribution is -2.38. The first-order chi connectivity index (χ1) is 17.1. The number of halogens is 1. The minimum absolute atomic E-state index is 0.0624. The normalized spacial score (nSPS) is 10.9. The van der Waals surface area contributed by atoms with E-state index in [4.69, 9.17) is 25.8 Å². The molecule has 11 heteroatoms. The lowest BCUT2D eigenvalue weighted by Gasteiger charge is -2.26. The van der Waals surface area contributed by atoms with Crippen LogP contribution in [0.4, 0.5) is 11.4 Å². The van der Waals surface area contributed by atoms with Crippen molar-refractivity contribution in [3.63, 3.8) is 0 Å². The van der Waals surface area contributed by atoms with Crippen molar-refractivity contribution in [2.75, 3.05) is 37.5 Å². The Morgan fingerprint density at radius 2 is 1.56 bits per heavy atom. The molecule has 0 spiro atoms. The molecule has 3 aromatic carbocycles. The summed E-state index contributed by atoms with van der Waals surface area (Å²) in [5.41, 5.74) is 0.806. The maximum absolute atomic E-state index is 13.8. The molecule has 3 rings (SSSR count). The van der Waals surface area contributed by atoms with E-state index >= 15 is 0 Å². The van der Waals surface area contributed by atoms with Crippen LogP contribution in [0.1, 0.15) is 17.3 Å². The van der Waals surface area contributed by atoms with Gasteiger partial charge in [0, 0.05) is 22.3 Å². The van der Waals surface area contributed by atoms with Gasteiger partial charge < -0.3 is 19.5 Å². The number of hydrogen-bond donors (Lipinski definition) is 1. The van der Waals surface area contributed by atoms with Crippen LogP contribution in [0.2, 0.25) is 5.02 Å². The van der Waals surface area contributed by atoms with Gasteiger partial charge in [0.2, 0.25) is 5.91 Å². The van der Waals surface area contributed by atoms with Gasteiger partial charge in [-0.2, -0.15) is 0 Å². The zero-order valence-electron chi connectivity index (χ0n) is 20.1. The van der Waals surface area contributed by atoms with Crippen molar-refractivity contribution >= 4 is 44.7 Å². The second-order valence-corrected chi connectivity index (χ2v) is 9.83. The van der Waals surface area contributed by atoms with Crippen LogP contribution >= 0.6 is 11.6 Å². The predicted octanol–water partition coefficient (Wildman–Crippen LogP) is 4.40. The predicted molar refractivity (Wildman–Crippen MR) is 137 cm³/mol. The van der Waals surface area contributed by atoms with Crippen molar-refractivity contribution in [2.45, 2.75) is 11.8 Å². The number of Topliss-reactive ketones (excluding diaryl/α,β-unsaturated/α-hetero) is 1. The first-order valence-electron chi connectivity index (χ1n) is 10.6. The average Bonchev–Trinajstić information content (AvgIpc) is 2.86. The first-order valence-corrected chi connectivity index (χ1v) is 12.4. The summed E-state index contributed by atoms with van der Waals surface area (Å²) >= 11 is 6.17. The molecule has 0 aliphatic rings. The van der Waals surface area contributed by atoms with E-state index in [0.29, 0.717) is 17.0 Å². The number of rotatable bonds is 10. The number of nitrogens with zero attached hydrogens (tertiary/aromatic N) is 1. The topological polar surface area (TPSA) is 111 Å². The summed E-state index contributed by atoms with van der Waals surface area (Å²) in [4.78, 5) is 24.6. The summed E-state index contributed by atoms with van der Waals surface area (Å²) in [7, 11) is -0.135. The van der Waals surface area contributed by atoms with Crippen molar-refractivity contribution in [1.82, 2.24) is 0 Å². The van der Waals surface area contributed by atoms with Crippen molar-refractivity contribution in [3.05, 3.63) is 71.2 Å². The summed E-state index contributed by atoms with van der Waals surface area (Å²) in [6, 6.07) is 14.9. The molecule has 3 aromatic rings. The van der Waals surface area contributed by atoms with Crippen LogP contribution in [0.25, 0.3) is 0 Å². The van der Waals surface area contributed by atoms with Gasteiger partial charge in [-0.05, 0) is 49.4 Å². The number of hydrogen-bond acceptors (Lipinski definition) is 7. The third kappa shape index (κ3) is 5.89. The van der Waals surface area contributed by atoms with E-state index in [1.807, 2.05) is 0 Å². The van der Waals surface area contributed by atoms with Crippen molar-refractivity contribution < 1.29 is 32.2 Å². The number of anilines is 2. The van der Waals surface area contributed by atoms with E-state index in [0.717, 1.165) is 4.31 Å². The molecule has 0 fully saturated rings. The number of ether oxygens (including phenoxy) is 3. The minimum Gasteiger partial charge on any atom is -0.495 e. The summed E-state index contributed by atoms with van der Waals surface area (Å²) in [6.45, 7) is 0.793. The van der Waals surface area contributed by atoms with Crippen LogP contribution in [-0.4, -0.2) is 48.0 Å². The summed E-state index contributed by atoms with van der Waals surface area (Å²) in [5, 5.41) is 2.88. The van der Waals surface area contributed by atoms with E-state index in [2.05, 4.69) is 5.32 Å². The molecule has 0 heterocycles. The van der Waals surface area contributed by atoms with Gasteiger partial charge in [-0.1, -0.05) is 23.7 Å². The molecule has 0 aliphatic heterocycles. The smallest absolute Gasteiger partial charge is 0.265 e. The van der Waals surface area contributed by atoms with Crippen molar-refractivity contribution in [1.29, 1.82) is 0 Å². The van der Waals surface area contributed by atoms with Crippen molar-refractivity contribution in [2.24, 2.45) is 0 Å². The largest absolute Gasteiger partial charge is 0.495 e. The highest BCUT2D eigenvalue weighted by atomic mass is 35.5. The van der Waals surface area contributed by atoms with Gasteiger partial charge in [-0.3, -0.25) is 13.9 Å². The molecule has 0 bridgehead atoms. The highest BCUT2D eigenvalue weighted by molar-refractivity contribution is 7.92. The number of amides is 1. The van der Waals surface area contributed by atoms with E-state index in [1.54, 1.807) is 24.3 Å². The lowest BCUT2D eigenvalue weighted by atomic mass is 10.1. The fraction of sp³-hybridized carbons (Fsp3) is 0.200. The Labute approximate surface area is 214 Å². The Hall–Kier alpha value is -3.76. The number of methoxy groups -OCH3 is 3. The van der Waals surface area contributed by atoms with Crippen LogP contribution in [0.5, 0.6) is 17.2 Å². The Morgan fingerprint density at radius 1 is 0.889 bits per heavy atom. The molecule has 190 valence electrons. The van der Waals surface area contributed by atoms with Crippen LogP contribution in [0.3, 0.4) is 0 Å². The van der Waals surface area contributed by atoms with E-state index in [9.17, 15) is 18.0 Å². The molecule has 0 radical (unpaired) electrons. The van der Waals surface area contributed by atoms with E-state index in [1.165, 1.54) is 64.7 Å². The zero-order chi connectivity index (χ0) is 26.5. The van der Waals surface area contributed by atoms with Crippen LogP contribution in [0, 0.1) is 0 Å². The number of nitrogens with one attached hydrogen (secondary N) is 1. The second kappa shape index (κ2) is 11.3. The third-order valence-corrected chi connectivity index (χ3v) is 7.18. The van der Waals surface area contributed by atoms with Crippen molar-refractivity contribution in [3.8, 4) is 17.2 Å². The molecule has 1 N–H and O–H groups in total. The second-order valence-electron chi connectivity index (χ2n) is 7.53. The van der Waals surface area contributed by atoms with E-state index in [-0.39, 0.29) is 32.9 Å². The lowest BCUT2D eigenvalue weighted by molar-refractivity contribution is -0.114. The van der Waals surface area contributed by atoms with Gasteiger partial charge in [0.05, 0.1) is 31.9 Å². The Morgan fingerprint density at radius 3 is 2.19 bits per heavy atom. The number of sulfonamides is 1. The maximum atomic E-state index is 13.8. The highest BCUT2D eigenvalue weighted by Gasteiger charge is 2.31. The SMILES string of the molecule is COc1ccc(S(=O)(=O)N(CC(=O)Nc2cccc(C(C)=O)c2)c2cc(Cl)ccc2OC)cc1OC. The zero-order valence-corrected chi connectivity index (χ0v) is 21.6. The molecule has 0 aromatic heterocycles. The monoisotopic (exact) mass is 532 g/mol. The van der Waals surface area contributed by atoms with Crippen LogP contribution in [-0.2, 0) is 14.8 Å². The number of carbonyl (C=O) groups is 2. The Bertz CT molecular complexity index is 1390. The molecule has 0 saturated heterocycles. The van der Waals surface area contributed by atoms with Crippen LogP contribution in [0.15, 0.2) is 65.6 Å². The number of benzene rings is 3. The highest BCUT2D eigenvalue weighted by Crippen LogP contribution is 2.37. The number of carbonyl (C=O) groups excluding carboxylic acids is 2. The van der Waals surface area contributed by atoms with Gasteiger partial charge in [0.1, 0.15) is 12.3 Å². The molecule has 9 nitrogen and oxygen atoms in total. The fourth-order valence-corrected chi connectivity index (χ4v) is 5.01. The van der Waals surface area contributed by atoms with Gasteiger partial charge in [0.15, 0.2) is 17.3 Å². The van der Waals surface area contributed by atoms with Crippen LogP contribution < -0.4 is 23.8 Å². The molecule has 0 aliphatic carbocycles. The maximum Gasteiger partial charge on any atom is 0.265 e. The van der Waals surface area contributed by atoms with Gasteiger partial charge in [-0.15, -0.1) is 0 Å². The van der Waals surface area contributed by atoms with Gasteiger partial charge in [0.25, 0.3) is 10.0 Å². The van der Waals surface area contributed by atoms with E-state index < -0.39 is 22.5 Å². The standard InChI is InChI=1S/C25H25ClN2O7S/c1-16(29)17-6-5-7-19(12-17)27-25(30)15-28(21-13-18(26)8-10-22(21)33-2)36(31,32)20-9-11-23(34-3)24(14-20)35-4/h5-14H,15H2,1-4H3,(H,27,30). The molecule has 0 saturated carbocycles. The summed E-state index contributed by atoms with van der Waals surface area (Å²) in [6.07, 6.45) is 0. The molecule has 36 heavy (non-hydrogen) atoms. The molecular formula is C25H25ClN2O7S. The van der Waals surface area contributed by atoms with Gasteiger partial charge in [-0.25, -0.2) is 8.42 Å². The Kier molecular flexibility index (Phi) is 8.44. The summed E-state index contributed by atoms with van der Waals surface area (Å²) in [5.74, 6) is -0.0995. The fourth-order valence-electron chi connectivity index (χ4n) is 3.41. The molecule has 0 atom stereocenters. The van der Waals surface area contributed by atoms with Gasteiger partial charge >= 0.3 is 0 Å². The third-order valence-electron chi connectivity index (χ3n) is 5.19. The summed E-state index contributed by atoms with van der Waals surface area (Å²) < 4.78 is 44.3. The Balaban J connectivity index is 2.06. The number of ketones is 1. The molecular weight excluding hydrogens is 508 g/mol. The molecule has 0 unspecified atom stereocenters. The quantitative estimate of drug-likeness (QED) is 0.385. The molecule has 1 amide bonds. The minimum atomic E-state index is -4.33. The first kappa shape index (κ1) is 26.8.